The van der Waals surface area contributed by atoms with Gasteiger partial charge in [-0.3, -0.25) is 9.59 Å². The van der Waals surface area contributed by atoms with E-state index in [0.29, 0.717) is 11.3 Å². The van der Waals surface area contributed by atoms with Gasteiger partial charge in [0.15, 0.2) is 5.88 Å². The fraction of sp³-hybridized carbons (Fsp3) is 0.0588. The van der Waals surface area contributed by atoms with E-state index in [1.807, 2.05) is 30.3 Å². The minimum Gasteiger partial charge on any atom is -0.494 e. The SMILES string of the molecule is Cc1cc(O)n(-c2cccc3ccccc23)c(=O)c1C(N)=O. The van der Waals surface area contributed by atoms with Crippen molar-refractivity contribution < 1.29 is 9.90 Å². The zero-order valence-corrected chi connectivity index (χ0v) is 11.9. The van der Waals surface area contributed by atoms with Crippen LogP contribution in [0.15, 0.2) is 53.3 Å². The minimum absolute atomic E-state index is 0.120. The molecule has 2 aromatic carbocycles. The number of primary amides is 1. The second-order valence-electron chi connectivity index (χ2n) is 5.06. The van der Waals surface area contributed by atoms with Crippen molar-refractivity contribution in [3.05, 3.63) is 70.0 Å². The highest BCUT2D eigenvalue weighted by atomic mass is 16.3. The summed E-state index contributed by atoms with van der Waals surface area (Å²) < 4.78 is 1.11. The summed E-state index contributed by atoms with van der Waals surface area (Å²) in [7, 11) is 0. The molecule has 0 aliphatic rings. The van der Waals surface area contributed by atoms with Crippen molar-refractivity contribution in [2.45, 2.75) is 6.92 Å². The van der Waals surface area contributed by atoms with Crippen LogP contribution in [0.2, 0.25) is 0 Å². The fourth-order valence-electron chi connectivity index (χ4n) is 2.65. The van der Waals surface area contributed by atoms with Crippen LogP contribution < -0.4 is 11.3 Å². The van der Waals surface area contributed by atoms with Crippen molar-refractivity contribution in [1.82, 2.24) is 4.57 Å². The van der Waals surface area contributed by atoms with Gasteiger partial charge in [-0.15, -0.1) is 0 Å². The van der Waals surface area contributed by atoms with E-state index in [0.717, 1.165) is 15.3 Å². The molecule has 0 radical (unpaired) electrons. The molecule has 5 heteroatoms. The smallest absolute Gasteiger partial charge is 0.271 e. The molecule has 22 heavy (non-hydrogen) atoms. The lowest BCUT2D eigenvalue weighted by atomic mass is 10.1. The van der Waals surface area contributed by atoms with E-state index in [1.54, 1.807) is 19.1 Å². The maximum absolute atomic E-state index is 12.6. The predicted molar refractivity (Wildman–Crippen MR) is 84.5 cm³/mol. The molecule has 0 spiro atoms. The van der Waals surface area contributed by atoms with Gasteiger partial charge in [0.1, 0.15) is 5.56 Å². The summed E-state index contributed by atoms with van der Waals surface area (Å²) in [6.45, 7) is 1.56. The highest BCUT2D eigenvalue weighted by Crippen LogP contribution is 2.25. The first-order valence-electron chi connectivity index (χ1n) is 6.74. The molecule has 0 fully saturated rings. The van der Waals surface area contributed by atoms with Gasteiger partial charge in [0.2, 0.25) is 0 Å². The molecule has 1 aromatic heterocycles. The van der Waals surface area contributed by atoms with Gasteiger partial charge in [-0.05, 0) is 23.9 Å². The summed E-state index contributed by atoms with van der Waals surface area (Å²) in [6.07, 6.45) is 0. The summed E-state index contributed by atoms with van der Waals surface area (Å²) >= 11 is 0. The van der Waals surface area contributed by atoms with Crippen LogP contribution in [0.1, 0.15) is 15.9 Å². The second-order valence-corrected chi connectivity index (χ2v) is 5.06. The van der Waals surface area contributed by atoms with E-state index in [2.05, 4.69) is 0 Å². The van der Waals surface area contributed by atoms with Gasteiger partial charge in [-0.1, -0.05) is 36.4 Å². The quantitative estimate of drug-likeness (QED) is 0.759. The van der Waals surface area contributed by atoms with Crippen molar-refractivity contribution in [3.63, 3.8) is 0 Å². The van der Waals surface area contributed by atoms with Gasteiger partial charge >= 0.3 is 0 Å². The monoisotopic (exact) mass is 294 g/mol. The van der Waals surface area contributed by atoms with Crippen molar-refractivity contribution in [1.29, 1.82) is 0 Å². The molecule has 1 amide bonds. The number of nitrogens with zero attached hydrogens (tertiary/aromatic N) is 1. The van der Waals surface area contributed by atoms with E-state index in [9.17, 15) is 14.7 Å². The van der Waals surface area contributed by atoms with E-state index < -0.39 is 11.5 Å². The van der Waals surface area contributed by atoms with Crippen molar-refractivity contribution in [2.24, 2.45) is 5.73 Å². The topological polar surface area (TPSA) is 85.3 Å². The number of aromatic hydroxyl groups is 1. The lowest BCUT2D eigenvalue weighted by Crippen LogP contribution is -2.30. The van der Waals surface area contributed by atoms with Crippen LogP contribution in [0, 0.1) is 6.92 Å². The summed E-state index contributed by atoms with van der Waals surface area (Å²) in [5, 5.41) is 11.9. The molecule has 3 aromatic rings. The summed E-state index contributed by atoms with van der Waals surface area (Å²) in [5.41, 5.74) is 5.40. The molecule has 1 heterocycles. The number of amides is 1. The number of aromatic nitrogens is 1. The first kappa shape index (κ1) is 13.9. The average molecular weight is 294 g/mol. The number of aryl methyl sites for hydroxylation is 1. The Morgan fingerprint density at radius 2 is 1.82 bits per heavy atom. The predicted octanol–water partition coefficient (Wildman–Crippen LogP) is 2.10. The van der Waals surface area contributed by atoms with Crippen molar-refractivity contribution in [3.8, 4) is 11.6 Å². The Morgan fingerprint density at radius 1 is 1.14 bits per heavy atom. The fourth-order valence-corrected chi connectivity index (χ4v) is 2.65. The molecule has 3 rings (SSSR count). The minimum atomic E-state index is -0.809. The van der Waals surface area contributed by atoms with E-state index >= 15 is 0 Å². The lowest BCUT2D eigenvalue weighted by Gasteiger charge is -2.14. The lowest BCUT2D eigenvalue weighted by molar-refractivity contribution is 0.0998. The number of hydrogen-bond donors (Lipinski definition) is 2. The molecule has 110 valence electrons. The standard InChI is InChI=1S/C17H14N2O3/c1-10-9-14(20)19(17(22)15(10)16(18)21)13-8-4-6-11-5-2-3-7-12(11)13/h2-9,20H,1H3,(H2,18,21). The molecule has 0 saturated heterocycles. The maximum Gasteiger partial charge on any atom is 0.271 e. The Hall–Kier alpha value is -3.08. The Balaban J connectivity index is 2.44. The molecule has 0 saturated carbocycles. The van der Waals surface area contributed by atoms with E-state index in [-0.39, 0.29) is 11.4 Å². The van der Waals surface area contributed by atoms with Gasteiger partial charge < -0.3 is 10.8 Å². The molecule has 3 N–H and O–H groups in total. The Bertz CT molecular complexity index is 953. The Kier molecular flexibility index (Phi) is 3.18. The average Bonchev–Trinajstić information content (AvgIpc) is 2.46. The number of carbonyl (C=O) groups excluding carboxylic acids is 1. The van der Waals surface area contributed by atoms with Crippen LogP contribution in [0.4, 0.5) is 0 Å². The van der Waals surface area contributed by atoms with Crippen molar-refractivity contribution in [2.75, 3.05) is 0 Å². The van der Waals surface area contributed by atoms with Gasteiger partial charge in [-0.2, -0.15) is 0 Å². The molecular formula is C17H14N2O3. The maximum atomic E-state index is 12.6. The molecule has 5 nitrogen and oxygen atoms in total. The summed E-state index contributed by atoms with van der Waals surface area (Å²) in [5.74, 6) is -1.04. The number of nitrogens with two attached hydrogens (primary N) is 1. The van der Waals surface area contributed by atoms with E-state index in [4.69, 9.17) is 5.73 Å². The van der Waals surface area contributed by atoms with Gasteiger partial charge in [0.25, 0.3) is 11.5 Å². The molecule has 0 unspecified atom stereocenters. The van der Waals surface area contributed by atoms with Crippen molar-refractivity contribution >= 4 is 16.7 Å². The Labute approximate surface area is 126 Å². The molecule has 0 aliphatic carbocycles. The van der Waals surface area contributed by atoms with E-state index in [1.165, 1.54) is 6.07 Å². The third-order valence-corrected chi connectivity index (χ3v) is 3.64. The number of rotatable bonds is 2. The normalized spacial score (nSPS) is 10.8. The largest absolute Gasteiger partial charge is 0.494 e. The number of carbonyl (C=O) groups is 1. The molecule has 0 aliphatic heterocycles. The molecule has 0 bridgehead atoms. The number of benzene rings is 2. The van der Waals surface area contributed by atoms with Crippen LogP contribution in [-0.4, -0.2) is 15.6 Å². The van der Waals surface area contributed by atoms with Crippen LogP contribution in [0.3, 0.4) is 0 Å². The van der Waals surface area contributed by atoms with Gasteiger partial charge in [-0.25, -0.2) is 4.57 Å². The first-order chi connectivity index (χ1) is 10.5. The summed E-state index contributed by atoms with van der Waals surface area (Å²) in [6, 6.07) is 14.3. The first-order valence-corrected chi connectivity index (χ1v) is 6.74. The van der Waals surface area contributed by atoms with Crippen LogP contribution in [0.5, 0.6) is 5.88 Å². The second kappa shape index (κ2) is 5.04. The third kappa shape index (κ3) is 2.03. The summed E-state index contributed by atoms with van der Waals surface area (Å²) in [4.78, 5) is 24.1. The number of fused-ring (bicyclic) bond motifs is 1. The third-order valence-electron chi connectivity index (χ3n) is 3.64. The highest BCUT2D eigenvalue weighted by molar-refractivity contribution is 5.95. The number of pyridine rings is 1. The zero-order chi connectivity index (χ0) is 15.9. The zero-order valence-electron chi connectivity index (χ0n) is 11.9. The molecular weight excluding hydrogens is 280 g/mol. The highest BCUT2D eigenvalue weighted by Gasteiger charge is 2.18. The van der Waals surface area contributed by atoms with Crippen LogP contribution >= 0.6 is 0 Å². The van der Waals surface area contributed by atoms with Gasteiger partial charge in [0, 0.05) is 11.5 Å². The van der Waals surface area contributed by atoms with Crippen LogP contribution in [-0.2, 0) is 0 Å². The Morgan fingerprint density at radius 3 is 2.55 bits per heavy atom. The van der Waals surface area contributed by atoms with Crippen LogP contribution in [0.25, 0.3) is 16.5 Å². The van der Waals surface area contributed by atoms with Gasteiger partial charge in [0.05, 0.1) is 5.69 Å². The molecule has 0 atom stereocenters. The number of hydrogen-bond acceptors (Lipinski definition) is 3.